The van der Waals surface area contributed by atoms with Gasteiger partial charge in [-0.2, -0.15) is 0 Å². The number of benzene rings is 1. The molecule has 1 aromatic heterocycles. The number of aliphatic hydroxyl groups is 1. The lowest BCUT2D eigenvalue weighted by molar-refractivity contribution is -0.884. The van der Waals surface area contributed by atoms with Crippen molar-refractivity contribution in [1.82, 2.24) is 0 Å². The van der Waals surface area contributed by atoms with Crippen LogP contribution in [0.15, 0.2) is 42.7 Å². The first-order chi connectivity index (χ1) is 6.90. The maximum Gasteiger partial charge on any atom is 0.230 e. The predicted octanol–water partition coefficient (Wildman–Crippen LogP) is 0.794. The Kier molecular flexibility index (Phi) is 3.88. The fraction of sp³-hybridized carbons (Fsp3) is 0.182. The van der Waals surface area contributed by atoms with Gasteiger partial charge in [0, 0.05) is 17.9 Å². The Morgan fingerprint density at radius 3 is 2.36 bits per heavy atom. The number of aromatic nitrogens is 1. The molecule has 2 aromatic rings. The molecule has 3 nitrogen and oxygen atoms in total. The van der Waals surface area contributed by atoms with Crippen LogP contribution in [0.3, 0.4) is 0 Å². The summed E-state index contributed by atoms with van der Waals surface area (Å²) >= 11 is 0. The van der Waals surface area contributed by atoms with E-state index in [9.17, 15) is 0 Å². The van der Waals surface area contributed by atoms with Gasteiger partial charge in [-0.25, -0.2) is 0 Å². The number of hydrogen-bond donors (Lipinski definition) is 1. The summed E-state index contributed by atoms with van der Waals surface area (Å²) in [4.78, 5) is 5.04. The minimum Gasteiger partial charge on any atom is -0.400 e. The van der Waals surface area contributed by atoms with E-state index in [1.165, 1.54) is 10.8 Å². The molecule has 2 rings (SSSR count). The molecule has 0 amide bonds. The van der Waals surface area contributed by atoms with Crippen LogP contribution in [-0.4, -0.2) is 19.3 Å². The third-order valence-electron chi connectivity index (χ3n) is 1.87. The third kappa shape index (κ3) is 2.20. The SMILES string of the molecule is CO.CO[n+]1ccc2ccccc2c1. The summed E-state index contributed by atoms with van der Waals surface area (Å²) < 4.78 is 1.68. The molecule has 0 saturated heterocycles. The highest BCUT2D eigenvalue weighted by molar-refractivity contribution is 5.80. The van der Waals surface area contributed by atoms with Crippen LogP contribution in [0.2, 0.25) is 0 Å². The summed E-state index contributed by atoms with van der Waals surface area (Å²) in [6, 6.07) is 10.2. The van der Waals surface area contributed by atoms with Crippen LogP contribution in [0.4, 0.5) is 0 Å². The van der Waals surface area contributed by atoms with E-state index in [-0.39, 0.29) is 0 Å². The van der Waals surface area contributed by atoms with Gasteiger partial charge >= 0.3 is 0 Å². The number of pyridine rings is 1. The second-order valence-electron chi connectivity index (χ2n) is 2.62. The van der Waals surface area contributed by atoms with Crippen LogP contribution < -0.4 is 9.57 Å². The second kappa shape index (κ2) is 5.19. The summed E-state index contributed by atoms with van der Waals surface area (Å²) in [5.41, 5.74) is 0. The van der Waals surface area contributed by atoms with Gasteiger partial charge in [-0.3, -0.25) is 4.84 Å². The molecule has 0 fully saturated rings. The molecule has 0 atom stereocenters. The molecule has 74 valence electrons. The van der Waals surface area contributed by atoms with Gasteiger partial charge in [-0.05, 0) is 11.5 Å². The molecule has 1 heterocycles. The fourth-order valence-electron chi connectivity index (χ4n) is 1.23. The highest BCUT2D eigenvalue weighted by atomic mass is 16.6. The first-order valence-electron chi connectivity index (χ1n) is 4.29. The number of hydrogen-bond acceptors (Lipinski definition) is 2. The average molecular weight is 192 g/mol. The monoisotopic (exact) mass is 192 g/mol. The van der Waals surface area contributed by atoms with Crippen molar-refractivity contribution in [3.63, 3.8) is 0 Å². The van der Waals surface area contributed by atoms with Crippen LogP contribution >= 0.6 is 0 Å². The Balaban J connectivity index is 0.000000461. The van der Waals surface area contributed by atoms with E-state index < -0.39 is 0 Å². The Bertz CT molecular complexity index is 401. The lowest BCUT2D eigenvalue weighted by atomic mass is 10.2. The minimum absolute atomic E-state index is 1.00. The van der Waals surface area contributed by atoms with E-state index in [2.05, 4.69) is 12.1 Å². The normalized spacial score (nSPS) is 9.07. The van der Waals surface area contributed by atoms with Crippen molar-refractivity contribution in [2.75, 3.05) is 14.2 Å². The smallest absolute Gasteiger partial charge is 0.230 e. The molecule has 0 saturated carbocycles. The van der Waals surface area contributed by atoms with E-state index >= 15 is 0 Å². The van der Waals surface area contributed by atoms with Crippen molar-refractivity contribution < 1.29 is 14.7 Å². The van der Waals surface area contributed by atoms with Gasteiger partial charge in [0.25, 0.3) is 0 Å². The number of fused-ring (bicyclic) bond motifs is 1. The zero-order valence-corrected chi connectivity index (χ0v) is 8.34. The molecule has 0 unspecified atom stereocenters. The van der Waals surface area contributed by atoms with E-state index in [0.717, 1.165) is 7.11 Å². The Labute approximate surface area is 83.1 Å². The van der Waals surface area contributed by atoms with Crippen LogP contribution in [0.25, 0.3) is 10.8 Å². The lowest BCUT2D eigenvalue weighted by Gasteiger charge is -1.93. The summed E-state index contributed by atoms with van der Waals surface area (Å²) in [7, 11) is 2.65. The van der Waals surface area contributed by atoms with E-state index in [0.29, 0.717) is 0 Å². The second-order valence-corrected chi connectivity index (χ2v) is 2.62. The van der Waals surface area contributed by atoms with Gasteiger partial charge in [0.2, 0.25) is 12.4 Å². The fourth-order valence-corrected chi connectivity index (χ4v) is 1.23. The van der Waals surface area contributed by atoms with E-state index in [1.807, 2.05) is 30.6 Å². The van der Waals surface area contributed by atoms with Crippen molar-refractivity contribution in [2.24, 2.45) is 0 Å². The van der Waals surface area contributed by atoms with Gasteiger partial charge in [0.15, 0.2) is 0 Å². The zero-order valence-electron chi connectivity index (χ0n) is 8.34. The van der Waals surface area contributed by atoms with Crippen molar-refractivity contribution in [2.45, 2.75) is 0 Å². The van der Waals surface area contributed by atoms with Crippen LogP contribution in [-0.2, 0) is 0 Å². The molecule has 0 spiro atoms. The lowest BCUT2D eigenvalue weighted by Crippen LogP contribution is -2.39. The topological polar surface area (TPSA) is 33.3 Å². The number of rotatable bonds is 1. The van der Waals surface area contributed by atoms with Gasteiger partial charge < -0.3 is 5.11 Å². The van der Waals surface area contributed by atoms with E-state index in [4.69, 9.17) is 9.94 Å². The van der Waals surface area contributed by atoms with Gasteiger partial charge in [-0.1, -0.05) is 18.2 Å². The summed E-state index contributed by atoms with van der Waals surface area (Å²) in [6.07, 6.45) is 3.84. The highest BCUT2D eigenvalue weighted by Crippen LogP contribution is 2.08. The van der Waals surface area contributed by atoms with Crippen molar-refractivity contribution in [1.29, 1.82) is 0 Å². The van der Waals surface area contributed by atoms with Gasteiger partial charge in [0.1, 0.15) is 7.11 Å². The molecule has 0 aliphatic heterocycles. The Morgan fingerprint density at radius 2 is 1.71 bits per heavy atom. The molecule has 3 heteroatoms. The molecule has 0 aliphatic carbocycles. The molecule has 0 radical (unpaired) electrons. The minimum atomic E-state index is 1.00. The first-order valence-corrected chi connectivity index (χ1v) is 4.29. The molecular weight excluding hydrogens is 178 g/mol. The van der Waals surface area contributed by atoms with Crippen molar-refractivity contribution in [3.05, 3.63) is 42.7 Å². The third-order valence-corrected chi connectivity index (χ3v) is 1.87. The maximum atomic E-state index is 7.00. The zero-order chi connectivity index (χ0) is 10.4. The van der Waals surface area contributed by atoms with E-state index in [1.54, 1.807) is 11.8 Å². The maximum absolute atomic E-state index is 7.00. The Hall–Kier alpha value is -1.61. The molecule has 1 aromatic carbocycles. The number of aliphatic hydroxyl groups excluding tert-OH is 1. The van der Waals surface area contributed by atoms with Crippen LogP contribution in [0.5, 0.6) is 0 Å². The van der Waals surface area contributed by atoms with Crippen LogP contribution in [0, 0.1) is 0 Å². The Morgan fingerprint density at radius 1 is 1.07 bits per heavy atom. The largest absolute Gasteiger partial charge is 0.400 e. The predicted molar refractivity (Wildman–Crippen MR) is 54.8 cm³/mol. The molecule has 14 heavy (non-hydrogen) atoms. The number of nitrogens with zero attached hydrogens (tertiary/aromatic N) is 1. The van der Waals surface area contributed by atoms with Gasteiger partial charge in [-0.15, -0.1) is 0 Å². The average Bonchev–Trinajstić information content (AvgIpc) is 2.31. The standard InChI is InChI=1S/C10H10NO.CH4O/c1-12-11-7-6-9-4-2-3-5-10(9)8-11;1-2/h2-8H,1H3;2H,1H3/q+1;. The molecule has 1 N–H and O–H groups in total. The molecular formula is C11H14NO2+. The van der Waals surface area contributed by atoms with Crippen molar-refractivity contribution >= 4 is 10.8 Å². The first kappa shape index (κ1) is 10.5. The summed E-state index contributed by atoms with van der Waals surface area (Å²) in [5.74, 6) is 0. The summed E-state index contributed by atoms with van der Waals surface area (Å²) in [6.45, 7) is 0. The van der Waals surface area contributed by atoms with Gasteiger partial charge in [0.05, 0.1) is 5.39 Å². The quantitative estimate of drug-likeness (QED) is 0.678. The summed E-state index contributed by atoms with van der Waals surface area (Å²) in [5, 5.41) is 9.41. The van der Waals surface area contributed by atoms with Crippen LogP contribution in [0.1, 0.15) is 0 Å². The van der Waals surface area contributed by atoms with Crippen molar-refractivity contribution in [3.8, 4) is 0 Å². The molecule has 0 bridgehead atoms. The highest BCUT2D eigenvalue weighted by Gasteiger charge is 1.99. The molecule has 0 aliphatic rings.